The van der Waals surface area contributed by atoms with E-state index in [1.54, 1.807) is 10.9 Å². The molecule has 0 aliphatic rings. The Balaban J connectivity index is 1.43. The largest absolute Gasteiger partial charge is 0.377 e. The second-order valence-corrected chi connectivity index (χ2v) is 4.99. The van der Waals surface area contributed by atoms with E-state index >= 15 is 0 Å². The van der Waals surface area contributed by atoms with Crippen LogP contribution in [0, 0.1) is 0 Å². The van der Waals surface area contributed by atoms with Crippen LogP contribution in [-0.2, 0) is 24.8 Å². The number of hydrogen-bond donors (Lipinski definition) is 0. The lowest BCUT2D eigenvalue weighted by atomic mass is 10.2. The topological polar surface area (TPSA) is 66.0 Å². The zero-order chi connectivity index (χ0) is 15.2. The fraction of sp³-hybridized carbons (Fsp3) is 0.312. The zero-order valence-corrected chi connectivity index (χ0v) is 12.5. The van der Waals surface area contributed by atoms with Gasteiger partial charge in [0.05, 0.1) is 6.61 Å². The molecule has 0 amide bonds. The average Bonchev–Trinajstić information content (AvgIpc) is 3.16. The van der Waals surface area contributed by atoms with Crippen LogP contribution in [0.2, 0.25) is 0 Å². The molecule has 2 heterocycles. The molecule has 0 unspecified atom stereocenters. The van der Waals surface area contributed by atoms with Crippen LogP contribution in [0.4, 0.5) is 0 Å². The van der Waals surface area contributed by atoms with Crippen molar-refractivity contribution in [2.24, 2.45) is 7.05 Å². The molecule has 0 radical (unpaired) electrons. The van der Waals surface area contributed by atoms with Gasteiger partial charge in [-0.2, -0.15) is 10.1 Å². The van der Waals surface area contributed by atoms with Gasteiger partial charge < -0.3 is 9.26 Å². The number of ether oxygens (including phenoxy) is 1. The second-order valence-electron chi connectivity index (χ2n) is 4.99. The third-order valence-electron chi connectivity index (χ3n) is 3.31. The molecule has 0 N–H and O–H groups in total. The molecule has 22 heavy (non-hydrogen) atoms. The first-order valence-electron chi connectivity index (χ1n) is 7.25. The molecule has 3 aromatic rings. The maximum Gasteiger partial charge on any atom is 0.227 e. The van der Waals surface area contributed by atoms with Crippen molar-refractivity contribution < 1.29 is 9.26 Å². The van der Waals surface area contributed by atoms with Crippen molar-refractivity contribution in [3.05, 3.63) is 54.0 Å². The molecule has 0 bridgehead atoms. The normalized spacial score (nSPS) is 11.0. The Kier molecular flexibility index (Phi) is 4.60. The molecule has 0 spiro atoms. The average molecular weight is 298 g/mol. The van der Waals surface area contributed by atoms with E-state index in [2.05, 4.69) is 27.4 Å². The van der Waals surface area contributed by atoms with Crippen LogP contribution in [0.15, 0.2) is 47.1 Å². The van der Waals surface area contributed by atoms with Crippen molar-refractivity contribution in [1.82, 2.24) is 19.9 Å². The number of aromatic nitrogens is 4. The van der Waals surface area contributed by atoms with Crippen LogP contribution in [0.25, 0.3) is 11.5 Å². The molecule has 0 atom stereocenters. The maximum atomic E-state index is 5.64. The third kappa shape index (κ3) is 3.59. The van der Waals surface area contributed by atoms with Gasteiger partial charge in [-0.15, -0.1) is 0 Å². The first-order valence-corrected chi connectivity index (χ1v) is 7.25. The second kappa shape index (κ2) is 7.00. The number of rotatable bonds is 7. The maximum absolute atomic E-state index is 5.64. The van der Waals surface area contributed by atoms with Crippen LogP contribution in [0.3, 0.4) is 0 Å². The van der Waals surface area contributed by atoms with E-state index in [4.69, 9.17) is 9.26 Å². The Morgan fingerprint density at radius 2 is 2.05 bits per heavy atom. The van der Waals surface area contributed by atoms with Gasteiger partial charge in [-0.05, 0) is 18.1 Å². The van der Waals surface area contributed by atoms with E-state index in [1.807, 2.05) is 31.3 Å². The summed E-state index contributed by atoms with van der Waals surface area (Å²) in [6, 6.07) is 12.0. The van der Waals surface area contributed by atoms with Gasteiger partial charge in [0.25, 0.3) is 0 Å². The van der Waals surface area contributed by atoms with E-state index in [0.717, 1.165) is 12.1 Å². The molecule has 0 saturated carbocycles. The monoisotopic (exact) mass is 298 g/mol. The molecular weight excluding hydrogens is 280 g/mol. The fourth-order valence-corrected chi connectivity index (χ4v) is 2.14. The van der Waals surface area contributed by atoms with Gasteiger partial charge in [-0.1, -0.05) is 35.5 Å². The molecule has 0 aliphatic heterocycles. The summed E-state index contributed by atoms with van der Waals surface area (Å²) >= 11 is 0. The Labute approximate surface area is 128 Å². The molecule has 0 aliphatic carbocycles. The summed E-state index contributed by atoms with van der Waals surface area (Å²) < 4.78 is 12.6. The fourth-order valence-electron chi connectivity index (χ4n) is 2.14. The predicted molar refractivity (Wildman–Crippen MR) is 80.9 cm³/mol. The summed E-state index contributed by atoms with van der Waals surface area (Å²) in [4.78, 5) is 4.38. The summed E-state index contributed by atoms with van der Waals surface area (Å²) in [5.74, 6) is 1.19. The van der Waals surface area contributed by atoms with Crippen molar-refractivity contribution in [3.63, 3.8) is 0 Å². The van der Waals surface area contributed by atoms with E-state index in [9.17, 15) is 0 Å². The Bertz CT molecular complexity index is 706. The van der Waals surface area contributed by atoms with Crippen LogP contribution >= 0.6 is 0 Å². The van der Waals surface area contributed by atoms with Gasteiger partial charge in [-0.25, -0.2) is 0 Å². The highest BCUT2D eigenvalue weighted by atomic mass is 16.5. The van der Waals surface area contributed by atoms with E-state index in [0.29, 0.717) is 31.3 Å². The first-order chi connectivity index (χ1) is 10.8. The van der Waals surface area contributed by atoms with Crippen molar-refractivity contribution >= 4 is 0 Å². The molecule has 6 heteroatoms. The van der Waals surface area contributed by atoms with E-state index in [1.165, 1.54) is 5.56 Å². The predicted octanol–water partition coefficient (Wildman–Crippen LogP) is 2.62. The van der Waals surface area contributed by atoms with Crippen molar-refractivity contribution in [2.45, 2.75) is 19.4 Å². The van der Waals surface area contributed by atoms with Crippen molar-refractivity contribution in [2.75, 3.05) is 6.61 Å². The zero-order valence-electron chi connectivity index (χ0n) is 12.5. The summed E-state index contributed by atoms with van der Waals surface area (Å²) in [5, 5.41) is 8.07. The van der Waals surface area contributed by atoms with Gasteiger partial charge in [0.2, 0.25) is 11.7 Å². The summed E-state index contributed by atoms with van der Waals surface area (Å²) in [5.41, 5.74) is 2.02. The smallest absolute Gasteiger partial charge is 0.227 e. The van der Waals surface area contributed by atoms with Gasteiger partial charge in [-0.3, -0.25) is 4.68 Å². The number of hydrogen-bond acceptors (Lipinski definition) is 5. The van der Waals surface area contributed by atoms with Crippen LogP contribution in [0.1, 0.15) is 17.9 Å². The number of nitrogens with zero attached hydrogens (tertiary/aromatic N) is 4. The Morgan fingerprint density at radius 1 is 1.18 bits per heavy atom. The molecule has 3 rings (SSSR count). The minimum atomic E-state index is 0.570. The van der Waals surface area contributed by atoms with Gasteiger partial charge >= 0.3 is 0 Å². The number of aryl methyl sites for hydroxylation is 2. The van der Waals surface area contributed by atoms with Gasteiger partial charge in [0, 0.05) is 26.3 Å². The Morgan fingerprint density at radius 3 is 2.82 bits per heavy atom. The minimum absolute atomic E-state index is 0.570. The summed E-state index contributed by atoms with van der Waals surface area (Å²) in [6.07, 6.45) is 3.27. The van der Waals surface area contributed by atoms with Crippen molar-refractivity contribution in [3.8, 4) is 11.5 Å². The standard InChI is InChI=1S/C16H18N4O2/c1-20-14(9-10-17-20)16-18-15(22-19-16)8-5-11-21-12-13-6-3-2-4-7-13/h2-4,6-7,9-10H,5,8,11-12H2,1H3. The Hall–Kier alpha value is -2.47. The summed E-state index contributed by atoms with van der Waals surface area (Å²) in [6.45, 7) is 1.29. The molecule has 114 valence electrons. The number of benzene rings is 1. The molecule has 6 nitrogen and oxygen atoms in total. The highest BCUT2D eigenvalue weighted by Gasteiger charge is 2.11. The molecular formula is C16H18N4O2. The third-order valence-corrected chi connectivity index (χ3v) is 3.31. The van der Waals surface area contributed by atoms with E-state index in [-0.39, 0.29) is 0 Å². The van der Waals surface area contributed by atoms with Gasteiger partial charge in [0.1, 0.15) is 5.69 Å². The molecule has 1 aromatic carbocycles. The molecule has 2 aromatic heterocycles. The molecule has 0 saturated heterocycles. The van der Waals surface area contributed by atoms with E-state index < -0.39 is 0 Å². The summed E-state index contributed by atoms with van der Waals surface area (Å²) in [7, 11) is 1.85. The van der Waals surface area contributed by atoms with Gasteiger partial charge in [0.15, 0.2) is 0 Å². The van der Waals surface area contributed by atoms with Crippen molar-refractivity contribution in [1.29, 1.82) is 0 Å². The lowest BCUT2D eigenvalue weighted by molar-refractivity contribution is 0.117. The SMILES string of the molecule is Cn1nccc1-c1noc(CCCOCc2ccccc2)n1. The quantitative estimate of drug-likeness (QED) is 0.627. The highest BCUT2D eigenvalue weighted by molar-refractivity contribution is 5.47. The van der Waals surface area contributed by atoms with Crippen LogP contribution in [-0.4, -0.2) is 26.5 Å². The first kappa shape index (κ1) is 14.5. The minimum Gasteiger partial charge on any atom is -0.377 e. The van der Waals surface area contributed by atoms with Crippen LogP contribution in [0.5, 0.6) is 0 Å². The highest BCUT2D eigenvalue weighted by Crippen LogP contribution is 2.14. The lowest BCUT2D eigenvalue weighted by Gasteiger charge is -2.02. The molecule has 0 fully saturated rings. The van der Waals surface area contributed by atoms with Crippen LogP contribution < -0.4 is 0 Å². The lowest BCUT2D eigenvalue weighted by Crippen LogP contribution is -1.98.